The lowest BCUT2D eigenvalue weighted by atomic mass is 9.96. The number of benzene rings is 2. The fourth-order valence-corrected chi connectivity index (χ4v) is 6.12. The molecule has 5 heteroatoms. The first-order valence-corrected chi connectivity index (χ1v) is 12.9. The van der Waals surface area contributed by atoms with Gasteiger partial charge in [0.05, 0.1) is 12.8 Å². The number of piperazine rings is 1. The number of likely N-dealkylation sites (tertiary alicyclic amines) is 2. The van der Waals surface area contributed by atoms with E-state index in [1.807, 2.05) is 0 Å². The normalized spacial score (nSPS) is 24.2. The van der Waals surface area contributed by atoms with Crippen LogP contribution in [0.15, 0.2) is 54.6 Å². The Balaban J connectivity index is 1.10. The molecule has 3 aliphatic rings. The standard InChI is InChI=1S/C28H40N4O/c1-33-28-12-6-5-11-27(28)31-20-18-30(19-21-31)26-10-7-15-32(23-26)25-13-16-29(17-14-25)22-24-8-3-2-4-9-24/h2-6,8-9,11-12,25-26H,7,10,13-23H2,1H3. The van der Waals surface area contributed by atoms with Crippen LogP contribution in [0.5, 0.6) is 5.75 Å². The van der Waals surface area contributed by atoms with Crippen molar-refractivity contribution in [2.75, 3.05) is 64.4 Å². The molecule has 3 saturated heterocycles. The van der Waals surface area contributed by atoms with Crippen LogP contribution in [0.1, 0.15) is 31.2 Å². The van der Waals surface area contributed by atoms with Gasteiger partial charge in [0.2, 0.25) is 0 Å². The molecule has 1 unspecified atom stereocenters. The predicted octanol–water partition coefficient (Wildman–Crippen LogP) is 3.95. The van der Waals surface area contributed by atoms with Gasteiger partial charge in [0.15, 0.2) is 0 Å². The quantitative estimate of drug-likeness (QED) is 0.666. The highest BCUT2D eigenvalue weighted by Gasteiger charge is 2.32. The Morgan fingerprint density at radius 3 is 2.21 bits per heavy atom. The minimum absolute atomic E-state index is 0.723. The second-order valence-electron chi connectivity index (χ2n) is 9.98. The number of piperidine rings is 2. The van der Waals surface area contributed by atoms with E-state index in [2.05, 4.69) is 74.2 Å². The van der Waals surface area contributed by atoms with Crippen molar-refractivity contribution in [3.63, 3.8) is 0 Å². The average Bonchev–Trinajstić information content (AvgIpc) is 2.90. The van der Waals surface area contributed by atoms with Gasteiger partial charge in [-0.1, -0.05) is 42.5 Å². The fraction of sp³-hybridized carbons (Fsp3) is 0.571. The molecule has 0 aliphatic carbocycles. The molecule has 2 aromatic rings. The summed E-state index contributed by atoms with van der Waals surface area (Å²) in [6.07, 6.45) is 5.35. The van der Waals surface area contributed by atoms with Gasteiger partial charge >= 0.3 is 0 Å². The number of rotatable bonds is 6. The Bertz CT molecular complexity index is 859. The monoisotopic (exact) mass is 448 g/mol. The SMILES string of the molecule is COc1ccccc1N1CCN(C2CCCN(C3CCN(Cc4ccccc4)CC3)C2)CC1. The molecular formula is C28H40N4O. The van der Waals surface area contributed by atoms with Crippen molar-refractivity contribution in [1.29, 1.82) is 0 Å². The Hall–Kier alpha value is -2.08. The molecule has 0 N–H and O–H groups in total. The molecule has 3 aliphatic heterocycles. The Labute approximate surface area is 199 Å². The first-order chi connectivity index (χ1) is 16.3. The van der Waals surface area contributed by atoms with Crippen LogP contribution in [0.4, 0.5) is 5.69 Å². The van der Waals surface area contributed by atoms with Crippen molar-refractivity contribution in [2.24, 2.45) is 0 Å². The molecule has 0 spiro atoms. The number of methoxy groups -OCH3 is 1. The zero-order valence-electron chi connectivity index (χ0n) is 20.2. The van der Waals surface area contributed by atoms with Gasteiger partial charge in [-0.05, 0) is 63.0 Å². The summed E-state index contributed by atoms with van der Waals surface area (Å²) >= 11 is 0. The molecule has 1 atom stereocenters. The predicted molar refractivity (Wildman–Crippen MR) is 136 cm³/mol. The molecule has 0 saturated carbocycles. The minimum Gasteiger partial charge on any atom is -0.495 e. The second kappa shape index (κ2) is 10.9. The highest BCUT2D eigenvalue weighted by molar-refractivity contribution is 5.58. The maximum Gasteiger partial charge on any atom is 0.142 e. The summed E-state index contributed by atoms with van der Waals surface area (Å²) in [5, 5.41) is 0. The van der Waals surface area contributed by atoms with Gasteiger partial charge in [0.1, 0.15) is 5.75 Å². The van der Waals surface area contributed by atoms with E-state index >= 15 is 0 Å². The maximum absolute atomic E-state index is 5.60. The average molecular weight is 449 g/mol. The van der Waals surface area contributed by atoms with Gasteiger partial charge < -0.3 is 9.64 Å². The maximum atomic E-state index is 5.60. The van der Waals surface area contributed by atoms with Gasteiger partial charge in [-0.3, -0.25) is 14.7 Å². The van der Waals surface area contributed by atoms with Gasteiger partial charge in [-0.15, -0.1) is 0 Å². The van der Waals surface area contributed by atoms with E-state index in [1.165, 1.54) is 63.1 Å². The topological polar surface area (TPSA) is 22.2 Å². The van der Waals surface area contributed by atoms with E-state index in [0.717, 1.165) is 50.6 Å². The van der Waals surface area contributed by atoms with Crippen molar-refractivity contribution < 1.29 is 4.74 Å². The van der Waals surface area contributed by atoms with Crippen LogP contribution in [0.3, 0.4) is 0 Å². The summed E-state index contributed by atoms with van der Waals surface area (Å²) < 4.78 is 5.60. The largest absolute Gasteiger partial charge is 0.495 e. The van der Waals surface area contributed by atoms with Crippen molar-refractivity contribution in [3.8, 4) is 5.75 Å². The molecule has 5 nitrogen and oxygen atoms in total. The molecule has 0 aromatic heterocycles. The van der Waals surface area contributed by atoms with Crippen LogP contribution < -0.4 is 9.64 Å². The number of nitrogens with zero attached hydrogens (tertiary/aromatic N) is 4. The van der Waals surface area contributed by atoms with Crippen LogP contribution in [-0.2, 0) is 6.54 Å². The van der Waals surface area contributed by atoms with E-state index in [4.69, 9.17) is 4.74 Å². The summed E-state index contributed by atoms with van der Waals surface area (Å²) in [5.74, 6) is 0.994. The lowest BCUT2D eigenvalue weighted by Crippen LogP contribution is -2.57. The lowest BCUT2D eigenvalue weighted by molar-refractivity contribution is 0.0406. The summed E-state index contributed by atoms with van der Waals surface area (Å²) in [4.78, 5) is 10.7. The third kappa shape index (κ3) is 5.53. The number of hydrogen-bond acceptors (Lipinski definition) is 5. The number of ether oxygens (including phenoxy) is 1. The number of anilines is 1. The van der Waals surface area contributed by atoms with Gasteiger partial charge in [-0.25, -0.2) is 0 Å². The molecule has 0 radical (unpaired) electrons. The highest BCUT2D eigenvalue weighted by Crippen LogP contribution is 2.30. The molecule has 2 aromatic carbocycles. The van der Waals surface area contributed by atoms with Gasteiger partial charge in [-0.2, -0.15) is 0 Å². The van der Waals surface area contributed by atoms with Crippen LogP contribution in [0, 0.1) is 0 Å². The van der Waals surface area contributed by atoms with Crippen molar-refractivity contribution in [2.45, 2.75) is 44.3 Å². The van der Waals surface area contributed by atoms with Gasteiger partial charge in [0.25, 0.3) is 0 Å². The number of para-hydroxylation sites is 2. The summed E-state index contributed by atoms with van der Waals surface area (Å²) in [6.45, 7) is 10.6. The van der Waals surface area contributed by atoms with E-state index in [0.29, 0.717) is 0 Å². The Morgan fingerprint density at radius 2 is 1.45 bits per heavy atom. The zero-order chi connectivity index (χ0) is 22.5. The van der Waals surface area contributed by atoms with Crippen molar-refractivity contribution in [3.05, 3.63) is 60.2 Å². The molecule has 0 bridgehead atoms. The summed E-state index contributed by atoms with van der Waals surface area (Å²) in [5.41, 5.74) is 2.69. The van der Waals surface area contributed by atoms with Crippen LogP contribution >= 0.6 is 0 Å². The zero-order valence-corrected chi connectivity index (χ0v) is 20.2. The second-order valence-corrected chi connectivity index (χ2v) is 9.98. The van der Waals surface area contributed by atoms with Crippen molar-refractivity contribution >= 4 is 5.69 Å². The molecular weight excluding hydrogens is 408 g/mol. The Kier molecular flexibility index (Phi) is 7.50. The molecule has 3 fully saturated rings. The third-order valence-electron chi connectivity index (χ3n) is 8.01. The van der Waals surface area contributed by atoms with Gasteiger partial charge in [0, 0.05) is 51.4 Å². The molecule has 0 amide bonds. The van der Waals surface area contributed by atoms with E-state index in [-0.39, 0.29) is 0 Å². The summed E-state index contributed by atoms with van der Waals surface area (Å²) in [6, 6.07) is 20.9. The molecule has 33 heavy (non-hydrogen) atoms. The third-order valence-corrected chi connectivity index (χ3v) is 8.01. The van der Waals surface area contributed by atoms with Crippen LogP contribution in [0.2, 0.25) is 0 Å². The fourth-order valence-electron chi connectivity index (χ4n) is 6.12. The minimum atomic E-state index is 0.723. The Morgan fingerprint density at radius 1 is 0.727 bits per heavy atom. The summed E-state index contributed by atoms with van der Waals surface area (Å²) in [7, 11) is 1.78. The molecule has 178 valence electrons. The number of hydrogen-bond donors (Lipinski definition) is 0. The first-order valence-electron chi connectivity index (χ1n) is 12.9. The lowest BCUT2D eigenvalue weighted by Gasteiger charge is -2.47. The van der Waals surface area contributed by atoms with E-state index < -0.39 is 0 Å². The molecule has 5 rings (SSSR count). The van der Waals surface area contributed by atoms with E-state index in [1.54, 1.807) is 7.11 Å². The van der Waals surface area contributed by atoms with Crippen LogP contribution in [0.25, 0.3) is 0 Å². The molecule has 3 heterocycles. The first kappa shape index (κ1) is 22.7. The van der Waals surface area contributed by atoms with Crippen molar-refractivity contribution in [1.82, 2.24) is 14.7 Å². The smallest absolute Gasteiger partial charge is 0.142 e. The van der Waals surface area contributed by atoms with Crippen LogP contribution in [-0.4, -0.2) is 86.3 Å². The highest BCUT2D eigenvalue weighted by atomic mass is 16.5. The van der Waals surface area contributed by atoms with E-state index in [9.17, 15) is 0 Å².